The molecule has 0 aliphatic carbocycles. The molecule has 0 aromatic heterocycles. The highest BCUT2D eigenvalue weighted by atomic mass is 127. The van der Waals surface area contributed by atoms with Gasteiger partial charge in [0.15, 0.2) is 0 Å². The van der Waals surface area contributed by atoms with Gasteiger partial charge in [0.1, 0.15) is 12.0 Å². The second kappa shape index (κ2) is 7.34. The first-order chi connectivity index (χ1) is 10.6. The Morgan fingerprint density at radius 1 is 1.18 bits per heavy atom. The Morgan fingerprint density at radius 3 is 2.73 bits per heavy atom. The fraction of sp³-hybridized carbons (Fsp3) is 0.294. The van der Waals surface area contributed by atoms with Crippen LogP contribution in [0.15, 0.2) is 46.2 Å². The van der Waals surface area contributed by atoms with Gasteiger partial charge in [0, 0.05) is 17.8 Å². The van der Waals surface area contributed by atoms with E-state index in [0.717, 1.165) is 18.9 Å². The molecule has 1 aliphatic heterocycles. The summed E-state index contributed by atoms with van der Waals surface area (Å²) in [6.45, 7) is 0. The van der Waals surface area contributed by atoms with E-state index in [1.165, 1.54) is 11.6 Å². The molecule has 1 aliphatic rings. The van der Waals surface area contributed by atoms with E-state index in [1.807, 2.05) is 6.07 Å². The molecule has 0 N–H and O–H groups in total. The fourth-order valence-corrected chi connectivity index (χ4v) is 4.82. The van der Waals surface area contributed by atoms with Crippen LogP contribution in [0.4, 0.5) is 8.78 Å². The van der Waals surface area contributed by atoms with Gasteiger partial charge in [0.25, 0.3) is 0 Å². The standard InChI is InChI=1S/C17H14F2I2S/c18-12-1-3-16-11(7-12)5-10(6-13(19)9-20)15-8-14(21)2-4-17(15)22-16/h1-4,7-8,10,13H,5-6,9H2/t10-,13?/m1/s1. The minimum atomic E-state index is -0.823. The molecular formula is C17H14F2I2S. The minimum absolute atomic E-state index is 0.102. The molecule has 0 spiro atoms. The third-order valence-electron chi connectivity index (χ3n) is 3.83. The van der Waals surface area contributed by atoms with Crippen LogP contribution >= 0.6 is 56.9 Å². The van der Waals surface area contributed by atoms with Gasteiger partial charge in [-0.25, -0.2) is 8.78 Å². The maximum atomic E-state index is 14.0. The van der Waals surface area contributed by atoms with Crippen LogP contribution in [0.1, 0.15) is 23.5 Å². The predicted molar refractivity (Wildman–Crippen MR) is 105 cm³/mol. The van der Waals surface area contributed by atoms with Crippen molar-refractivity contribution in [2.24, 2.45) is 0 Å². The quantitative estimate of drug-likeness (QED) is 0.321. The Labute approximate surface area is 160 Å². The van der Waals surface area contributed by atoms with E-state index >= 15 is 0 Å². The first-order valence-corrected chi connectivity index (χ1v) is 10.4. The van der Waals surface area contributed by atoms with Crippen molar-refractivity contribution in [3.63, 3.8) is 0 Å². The van der Waals surface area contributed by atoms with Crippen molar-refractivity contribution in [3.8, 4) is 0 Å². The van der Waals surface area contributed by atoms with Crippen LogP contribution in [0.25, 0.3) is 0 Å². The molecule has 0 saturated carbocycles. The molecule has 0 amide bonds. The number of hydrogen-bond donors (Lipinski definition) is 0. The highest BCUT2D eigenvalue weighted by Crippen LogP contribution is 2.44. The summed E-state index contributed by atoms with van der Waals surface area (Å²) in [6.07, 6.45) is 0.369. The maximum absolute atomic E-state index is 14.0. The zero-order chi connectivity index (χ0) is 15.7. The molecule has 1 unspecified atom stereocenters. The molecule has 3 rings (SSSR count). The zero-order valence-corrected chi connectivity index (χ0v) is 16.8. The number of alkyl halides is 2. The fourth-order valence-electron chi connectivity index (χ4n) is 2.81. The van der Waals surface area contributed by atoms with Crippen molar-refractivity contribution in [2.75, 3.05) is 4.43 Å². The molecule has 116 valence electrons. The van der Waals surface area contributed by atoms with Crippen LogP contribution in [-0.2, 0) is 6.42 Å². The average molecular weight is 542 g/mol. The third-order valence-corrected chi connectivity index (χ3v) is 6.66. The SMILES string of the molecule is Fc1ccc2c(c1)C[C@H](CC(F)CI)c1cc(I)ccc1S2. The van der Waals surface area contributed by atoms with Gasteiger partial charge < -0.3 is 0 Å². The van der Waals surface area contributed by atoms with Crippen LogP contribution in [0.5, 0.6) is 0 Å². The van der Waals surface area contributed by atoms with Gasteiger partial charge in [-0.2, -0.15) is 0 Å². The second-order valence-electron chi connectivity index (χ2n) is 5.42. The van der Waals surface area contributed by atoms with E-state index in [9.17, 15) is 8.78 Å². The van der Waals surface area contributed by atoms with Crippen molar-refractivity contribution in [3.05, 3.63) is 56.9 Å². The van der Waals surface area contributed by atoms with Gasteiger partial charge in [-0.1, -0.05) is 34.4 Å². The zero-order valence-electron chi connectivity index (χ0n) is 11.7. The Kier molecular flexibility index (Phi) is 5.65. The van der Waals surface area contributed by atoms with Crippen LogP contribution < -0.4 is 0 Å². The third kappa shape index (κ3) is 3.77. The molecular weight excluding hydrogens is 528 g/mol. The Balaban J connectivity index is 2.06. The highest BCUT2D eigenvalue weighted by molar-refractivity contribution is 14.1. The first kappa shape index (κ1) is 17.0. The lowest BCUT2D eigenvalue weighted by molar-refractivity contribution is 0.326. The van der Waals surface area contributed by atoms with Crippen LogP contribution in [0.2, 0.25) is 0 Å². The molecule has 0 nitrogen and oxygen atoms in total. The number of benzene rings is 2. The van der Waals surface area contributed by atoms with E-state index in [1.54, 1.807) is 17.8 Å². The summed E-state index contributed by atoms with van der Waals surface area (Å²) in [5.41, 5.74) is 2.18. The summed E-state index contributed by atoms with van der Waals surface area (Å²) in [5.74, 6) is -0.116. The number of hydrogen-bond acceptors (Lipinski definition) is 1. The molecule has 22 heavy (non-hydrogen) atoms. The average Bonchev–Trinajstić information content (AvgIpc) is 2.64. The van der Waals surface area contributed by atoms with E-state index < -0.39 is 6.17 Å². The van der Waals surface area contributed by atoms with Crippen LogP contribution in [-0.4, -0.2) is 10.6 Å². The maximum Gasteiger partial charge on any atom is 0.123 e. The lowest BCUT2D eigenvalue weighted by atomic mass is 9.88. The van der Waals surface area contributed by atoms with Crippen molar-refractivity contribution in [1.82, 2.24) is 0 Å². The van der Waals surface area contributed by atoms with Gasteiger partial charge in [-0.05, 0) is 88.9 Å². The summed E-state index contributed by atoms with van der Waals surface area (Å²) in [5, 5.41) is 0. The topological polar surface area (TPSA) is 0 Å². The Bertz CT molecular complexity index is 690. The van der Waals surface area contributed by atoms with E-state index in [2.05, 4.69) is 63.4 Å². The predicted octanol–water partition coefficient (Wildman–Crippen LogP) is 6.38. The summed E-state index contributed by atoms with van der Waals surface area (Å²) in [4.78, 5) is 2.24. The molecule has 2 atom stereocenters. The second-order valence-corrected chi connectivity index (χ2v) is 8.63. The van der Waals surface area contributed by atoms with Crippen LogP contribution in [0.3, 0.4) is 0 Å². The van der Waals surface area contributed by atoms with Gasteiger partial charge >= 0.3 is 0 Å². The van der Waals surface area contributed by atoms with Gasteiger partial charge in [0.2, 0.25) is 0 Å². The van der Waals surface area contributed by atoms with Crippen molar-refractivity contribution < 1.29 is 8.78 Å². The molecule has 0 fully saturated rings. The monoisotopic (exact) mass is 542 g/mol. The molecule has 2 aromatic carbocycles. The van der Waals surface area contributed by atoms with Crippen LogP contribution in [0, 0.1) is 9.39 Å². The number of fused-ring (bicyclic) bond motifs is 2. The molecule has 0 radical (unpaired) electrons. The highest BCUT2D eigenvalue weighted by Gasteiger charge is 2.25. The van der Waals surface area contributed by atoms with Gasteiger partial charge in [-0.15, -0.1) is 0 Å². The summed E-state index contributed by atoms with van der Waals surface area (Å²) < 4.78 is 29.3. The van der Waals surface area contributed by atoms with Gasteiger partial charge in [0.05, 0.1) is 0 Å². The molecule has 5 heteroatoms. The number of halogens is 4. The Morgan fingerprint density at radius 2 is 1.95 bits per heavy atom. The summed E-state index contributed by atoms with van der Waals surface area (Å²) in [6, 6.07) is 11.3. The molecule has 2 aromatic rings. The van der Waals surface area contributed by atoms with Crippen molar-refractivity contribution >= 4 is 56.9 Å². The molecule has 1 heterocycles. The normalized spacial score (nSPS) is 18.3. The van der Waals surface area contributed by atoms with Crippen molar-refractivity contribution in [2.45, 2.75) is 34.7 Å². The smallest absolute Gasteiger partial charge is 0.123 e. The lowest BCUT2D eigenvalue weighted by Crippen LogP contribution is -2.12. The largest absolute Gasteiger partial charge is 0.247 e. The Hall–Kier alpha value is 0.110. The van der Waals surface area contributed by atoms with E-state index in [-0.39, 0.29) is 11.7 Å². The van der Waals surface area contributed by atoms with E-state index in [0.29, 0.717) is 17.3 Å². The van der Waals surface area contributed by atoms with Gasteiger partial charge in [-0.3, -0.25) is 0 Å². The number of rotatable bonds is 3. The first-order valence-electron chi connectivity index (χ1n) is 7.02. The minimum Gasteiger partial charge on any atom is -0.247 e. The summed E-state index contributed by atoms with van der Waals surface area (Å²) >= 11 is 6.05. The molecule has 0 saturated heterocycles. The lowest BCUT2D eigenvalue weighted by Gasteiger charge is -2.19. The van der Waals surface area contributed by atoms with E-state index in [4.69, 9.17) is 0 Å². The molecule has 0 bridgehead atoms. The van der Waals surface area contributed by atoms with Crippen molar-refractivity contribution in [1.29, 1.82) is 0 Å². The summed E-state index contributed by atoms with van der Waals surface area (Å²) in [7, 11) is 0.